The number of fused-ring (bicyclic) bond motifs is 2. The van der Waals surface area contributed by atoms with Gasteiger partial charge in [-0.2, -0.15) is 4.98 Å². The Kier molecular flexibility index (Phi) is 8.37. The molecular formula is C32H32Cl3FN8O2. The molecule has 0 spiro atoms. The van der Waals surface area contributed by atoms with Crippen LogP contribution in [-0.4, -0.2) is 69.6 Å². The molecule has 1 unspecified atom stereocenters. The minimum Gasteiger partial charge on any atom is -0.397 e. The Morgan fingerprint density at radius 2 is 1.89 bits per heavy atom. The van der Waals surface area contributed by atoms with Crippen molar-refractivity contribution in [2.45, 2.75) is 39.2 Å². The molecule has 10 nitrogen and oxygen atoms in total. The number of anilines is 3. The SMILES string of the molecule is C=CC(=O)N1CCN2c3nc(=O)n(-c4c(C)ccnc4C(C)C)c4nc(-c5c(N)c(Cl)cc(Cl)c5F)c(Cl)c(c34)N(C)CCC2C1. The number of halogens is 4. The fourth-order valence-electron chi connectivity index (χ4n) is 6.42. The normalized spacial score (nSPS) is 16.5. The first-order chi connectivity index (χ1) is 21.8. The second kappa shape index (κ2) is 12.0. The molecule has 6 rings (SSSR count). The summed E-state index contributed by atoms with van der Waals surface area (Å²) in [4.78, 5) is 46.8. The standard InChI is InChI=1S/C32H32Cl3FN8O2/c1-6-20(45)42-11-12-43-17(14-42)8-10-41(5)29-22-30(43)40-32(46)44(28-16(4)7-9-38-26(28)15(2)3)31(22)39-27(23(29)35)21-24(36)18(33)13-19(34)25(21)37/h6-7,9,13,15,17H,1,8,10-12,14,37H2,2-5H3. The van der Waals surface area contributed by atoms with Crippen molar-refractivity contribution in [3.63, 3.8) is 0 Å². The number of rotatable bonds is 4. The highest BCUT2D eigenvalue weighted by Gasteiger charge is 2.37. The molecule has 3 aromatic heterocycles. The summed E-state index contributed by atoms with van der Waals surface area (Å²) in [5.41, 5.74) is 8.08. The Morgan fingerprint density at radius 1 is 1.15 bits per heavy atom. The molecule has 14 heteroatoms. The lowest BCUT2D eigenvalue weighted by atomic mass is 10.0. The third kappa shape index (κ3) is 5.05. The minimum atomic E-state index is -0.843. The number of hydrogen-bond acceptors (Lipinski definition) is 8. The van der Waals surface area contributed by atoms with E-state index in [-0.39, 0.29) is 55.5 Å². The first-order valence-corrected chi connectivity index (χ1v) is 15.9. The average molecular weight is 686 g/mol. The largest absolute Gasteiger partial charge is 0.397 e. The summed E-state index contributed by atoms with van der Waals surface area (Å²) in [5.74, 6) is -0.695. The first-order valence-electron chi connectivity index (χ1n) is 14.8. The maximum absolute atomic E-state index is 15.8. The van der Waals surface area contributed by atoms with Crippen LogP contribution in [0.4, 0.5) is 21.6 Å². The Hall–Kier alpha value is -3.93. The minimum absolute atomic E-state index is 0.0214. The molecular weight excluding hydrogens is 654 g/mol. The van der Waals surface area contributed by atoms with E-state index >= 15 is 4.39 Å². The van der Waals surface area contributed by atoms with Crippen LogP contribution < -0.4 is 21.2 Å². The fraction of sp³-hybridized carbons (Fsp3) is 0.344. The molecule has 0 saturated carbocycles. The summed E-state index contributed by atoms with van der Waals surface area (Å²) in [6.07, 6.45) is 3.60. The van der Waals surface area contributed by atoms with E-state index in [2.05, 4.69) is 16.5 Å². The van der Waals surface area contributed by atoms with Crippen molar-refractivity contribution in [2.24, 2.45) is 0 Å². The highest BCUT2D eigenvalue weighted by Crippen LogP contribution is 2.48. The number of carbonyl (C=O) groups excluding carboxylic acids is 1. The molecule has 5 heterocycles. The van der Waals surface area contributed by atoms with Crippen molar-refractivity contribution in [3.8, 4) is 16.9 Å². The molecule has 0 aliphatic carbocycles. The van der Waals surface area contributed by atoms with E-state index in [0.29, 0.717) is 60.9 Å². The van der Waals surface area contributed by atoms with Crippen LogP contribution >= 0.6 is 34.8 Å². The van der Waals surface area contributed by atoms with E-state index in [1.54, 1.807) is 17.2 Å². The lowest BCUT2D eigenvalue weighted by Gasteiger charge is -2.44. The zero-order valence-electron chi connectivity index (χ0n) is 25.7. The summed E-state index contributed by atoms with van der Waals surface area (Å²) in [6, 6.07) is 2.87. The van der Waals surface area contributed by atoms with Crippen LogP contribution in [0.2, 0.25) is 15.1 Å². The van der Waals surface area contributed by atoms with Gasteiger partial charge in [0.05, 0.1) is 54.5 Å². The molecule has 2 aliphatic rings. The van der Waals surface area contributed by atoms with E-state index in [4.69, 9.17) is 45.5 Å². The smallest absolute Gasteiger partial charge is 0.355 e. The van der Waals surface area contributed by atoms with E-state index < -0.39 is 11.5 Å². The third-order valence-electron chi connectivity index (χ3n) is 8.71. The first kappa shape index (κ1) is 32.0. The summed E-state index contributed by atoms with van der Waals surface area (Å²) >= 11 is 19.8. The predicted octanol–water partition coefficient (Wildman–Crippen LogP) is 6.00. The van der Waals surface area contributed by atoms with Gasteiger partial charge in [0.15, 0.2) is 11.5 Å². The Labute approximate surface area is 280 Å². The van der Waals surface area contributed by atoms with Gasteiger partial charge in [0.25, 0.3) is 0 Å². The van der Waals surface area contributed by atoms with Gasteiger partial charge in [-0.3, -0.25) is 9.78 Å². The molecule has 0 bridgehead atoms. The zero-order valence-corrected chi connectivity index (χ0v) is 28.0. The van der Waals surface area contributed by atoms with Gasteiger partial charge >= 0.3 is 5.69 Å². The van der Waals surface area contributed by atoms with Crippen molar-refractivity contribution in [2.75, 3.05) is 48.8 Å². The van der Waals surface area contributed by atoms with E-state index in [1.807, 2.05) is 37.6 Å². The molecule has 240 valence electrons. The van der Waals surface area contributed by atoms with Gasteiger partial charge in [-0.15, -0.1) is 0 Å². The topological polar surface area (TPSA) is 113 Å². The number of aryl methyl sites for hydroxylation is 1. The molecule has 2 N–H and O–H groups in total. The average Bonchev–Trinajstić information content (AvgIpc) is 3.02. The fourth-order valence-corrected chi connectivity index (χ4v) is 7.26. The number of nitrogen functional groups attached to an aromatic ring is 1. The quantitative estimate of drug-likeness (QED) is 0.158. The molecule has 1 atom stereocenters. The van der Waals surface area contributed by atoms with Crippen molar-refractivity contribution in [1.82, 2.24) is 24.4 Å². The second-order valence-corrected chi connectivity index (χ2v) is 13.1. The van der Waals surface area contributed by atoms with Gasteiger partial charge in [-0.1, -0.05) is 55.2 Å². The maximum atomic E-state index is 15.8. The number of nitrogens with two attached hydrogens (primary N) is 1. The van der Waals surface area contributed by atoms with Crippen LogP contribution in [0.1, 0.15) is 37.4 Å². The Morgan fingerprint density at radius 3 is 2.59 bits per heavy atom. The van der Waals surface area contributed by atoms with E-state index in [1.165, 1.54) is 16.7 Å². The van der Waals surface area contributed by atoms with Crippen molar-refractivity contribution in [3.05, 3.63) is 73.6 Å². The van der Waals surface area contributed by atoms with Gasteiger partial charge in [-0.05, 0) is 43.0 Å². The van der Waals surface area contributed by atoms with Gasteiger partial charge in [0.1, 0.15) is 5.82 Å². The van der Waals surface area contributed by atoms with Crippen LogP contribution in [0.15, 0.2) is 35.8 Å². The zero-order chi connectivity index (χ0) is 33.2. The molecule has 2 aliphatic heterocycles. The maximum Gasteiger partial charge on any atom is 0.355 e. The third-order valence-corrected chi connectivity index (χ3v) is 9.66. The molecule has 0 radical (unpaired) electrons. The molecule has 1 saturated heterocycles. The van der Waals surface area contributed by atoms with Crippen LogP contribution in [0, 0.1) is 12.7 Å². The van der Waals surface area contributed by atoms with Crippen LogP contribution in [-0.2, 0) is 4.79 Å². The summed E-state index contributed by atoms with van der Waals surface area (Å²) in [7, 11) is 1.86. The lowest BCUT2D eigenvalue weighted by molar-refractivity contribution is -0.126. The molecule has 1 fully saturated rings. The predicted molar refractivity (Wildman–Crippen MR) is 182 cm³/mol. The molecule has 1 aromatic carbocycles. The highest BCUT2D eigenvalue weighted by molar-refractivity contribution is 6.40. The monoisotopic (exact) mass is 684 g/mol. The summed E-state index contributed by atoms with van der Waals surface area (Å²) in [6.45, 7) is 11.2. The van der Waals surface area contributed by atoms with Gasteiger partial charge < -0.3 is 20.4 Å². The van der Waals surface area contributed by atoms with Crippen molar-refractivity contribution < 1.29 is 9.18 Å². The number of piperazine rings is 1. The van der Waals surface area contributed by atoms with Crippen LogP contribution in [0.25, 0.3) is 28.0 Å². The van der Waals surface area contributed by atoms with E-state index in [0.717, 1.165) is 5.56 Å². The van der Waals surface area contributed by atoms with Gasteiger partial charge in [0, 0.05) is 45.5 Å². The number of aromatic nitrogens is 4. The number of carbonyl (C=O) groups is 1. The molecule has 46 heavy (non-hydrogen) atoms. The van der Waals surface area contributed by atoms with Crippen molar-refractivity contribution >= 4 is 68.9 Å². The van der Waals surface area contributed by atoms with Crippen LogP contribution in [0.3, 0.4) is 0 Å². The summed E-state index contributed by atoms with van der Waals surface area (Å²) < 4.78 is 17.3. The number of amides is 1. The van der Waals surface area contributed by atoms with E-state index in [9.17, 15) is 9.59 Å². The van der Waals surface area contributed by atoms with Crippen LogP contribution in [0.5, 0.6) is 0 Å². The molecule has 1 amide bonds. The Balaban J connectivity index is 1.77. The number of benzene rings is 1. The molecule has 4 aromatic rings. The van der Waals surface area contributed by atoms with Gasteiger partial charge in [-0.25, -0.2) is 18.7 Å². The summed E-state index contributed by atoms with van der Waals surface area (Å²) in [5, 5.41) is 0.367. The number of hydrogen-bond donors (Lipinski definition) is 1. The highest BCUT2D eigenvalue weighted by atomic mass is 35.5. The Bertz CT molecular complexity index is 1970. The number of nitrogens with zero attached hydrogens (tertiary/aromatic N) is 7. The lowest BCUT2D eigenvalue weighted by Crippen LogP contribution is -2.56. The number of pyridine rings is 2. The van der Waals surface area contributed by atoms with Crippen molar-refractivity contribution in [1.29, 1.82) is 0 Å². The van der Waals surface area contributed by atoms with Gasteiger partial charge in [0.2, 0.25) is 5.91 Å². The second-order valence-electron chi connectivity index (χ2n) is 11.9.